The Labute approximate surface area is 155 Å². The van der Waals surface area contributed by atoms with Crippen molar-refractivity contribution < 1.29 is 13.9 Å². The summed E-state index contributed by atoms with van der Waals surface area (Å²) in [5.41, 5.74) is 3.98. The van der Waals surface area contributed by atoms with E-state index in [0.717, 1.165) is 35.6 Å². The number of carbonyl (C=O) groups excluding carboxylic acids is 1. The third-order valence-corrected chi connectivity index (χ3v) is 4.87. The summed E-state index contributed by atoms with van der Waals surface area (Å²) in [5.74, 6) is 2.08. The minimum atomic E-state index is -0.0800. The van der Waals surface area contributed by atoms with Gasteiger partial charge in [-0.3, -0.25) is 4.79 Å². The molecule has 0 saturated carbocycles. The first-order valence-electron chi connectivity index (χ1n) is 8.26. The molecule has 7 heteroatoms. The Hall–Kier alpha value is -2.80. The second kappa shape index (κ2) is 7.21. The number of benzene rings is 2. The highest BCUT2D eigenvalue weighted by molar-refractivity contribution is 7.98. The molecule has 1 aliphatic rings. The predicted molar refractivity (Wildman–Crippen MR) is 99.2 cm³/mol. The number of rotatable bonds is 5. The fraction of sp³-hybridized carbons (Fsp3) is 0.211. The molecule has 0 aliphatic carbocycles. The molecule has 4 rings (SSSR count). The largest absolute Gasteiger partial charge is 0.493 e. The first kappa shape index (κ1) is 16.7. The molecule has 1 amide bonds. The zero-order chi connectivity index (χ0) is 17.9. The van der Waals surface area contributed by atoms with E-state index in [2.05, 4.69) is 15.5 Å². The second-order valence-corrected chi connectivity index (χ2v) is 6.89. The third-order valence-electron chi connectivity index (χ3n) is 3.98. The Morgan fingerprint density at radius 1 is 1.19 bits per heavy atom. The van der Waals surface area contributed by atoms with Crippen LogP contribution in [0.15, 0.2) is 52.1 Å². The molecule has 1 aromatic heterocycles. The number of thioether (sulfide) groups is 1. The summed E-state index contributed by atoms with van der Waals surface area (Å²) in [5, 5.41) is 11.5. The number of fused-ring (bicyclic) bond motifs is 1. The van der Waals surface area contributed by atoms with Crippen molar-refractivity contribution in [1.29, 1.82) is 0 Å². The molecule has 0 unspecified atom stereocenters. The van der Waals surface area contributed by atoms with Crippen LogP contribution in [0.4, 0.5) is 5.69 Å². The number of nitrogens with one attached hydrogen (secondary N) is 1. The minimum Gasteiger partial charge on any atom is -0.493 e. The summed E-state index contributed by atoms with van der Waals surface area (Å²) < 4.78 is 11.3. The van der Waals surface area contributed by atoms with Crippen molar-refractivity contribution in [3.05, 3.63) is 53.6 Å². The first-order chi connectivity index (χ1) is 12.7. The molecule has 0 saturated heterocycles. The molecular weight excluding hydrogens is 350 g/mol. The van der Waals surface area contributed by atoms with Crippen molar-refractivity contribution in [2.24, 2.45) is 0 Å². The predicted octanol–water partition coefficient (Wildman–Crippen LogP) is 3.92. The van der Waals surface area contributed by atoms with Crippen LogP contribution in [0.25, 0.3) is 11.5 Å². The van der Waals surface area contributed by atoms with E-state index in [1.807, 2.05) is 42.5 Å². The molecule has 1 aliphatic heterocycles. The van der Waals surface area contributed by atoms with Gasteiger partial charge in [-0.15, -0.1) is 10.2 Å². The van der Waals surface area contributed by atoms with Gasteiger partial charge >= 0.3 is 0 Å². The number of aromatic nitrogens is 2. The molecule has 1 N–H and O–H groups in total. The van der Waals surface area contributed by atoms with Gasteiger partial charge in [-0.1, -0.05) is 23.9 Å². The van der Waals surface area contributed by atoms with Gasteiger partial charge in [-0.05, 0) is 41.5 Å². The summed E-state index contributed by atoms with van der Waals surface area (Å²) in [4.78, 5) is 11.0. The van der Waals surface area contributed by atoms with E-state index < -0.39 is 0 Å². The highest BCUT2D eigenvalue weighted by Crippen LogP contribution is 2.31. The van der Waals surface area contributed by atoms with Crippen molar-refractivity contribution in [1.82, 2.24) is 10.2 Å². The Kier molecular flexibility index (Phi) is 4.62. The lowest BCUT2D eigenvalue weighted by molar-refractivity contribution is -0.114. The van der Waals surface area contributed by atoms with Gasteiger partial charge in [0.25, 0.3) is 5.22 Å². The van der Waals surface area contributed by atoms with Crippen LogP contribution >= 0.6 is 11.8 Å². The lowest BCUT2D eigenvalue weighted by Crippen LogP contribution is -2.05. The SMILES string of the molecule is CC(=O)Nc1ccc(CSc2nnc(-c3ccc4c(c3)CCO4)o2)cc1. The summed E-state index contributed by atoms with van der Waals surface area (Å²) in [6.45, 7) is 2.22. The molecule has 3 aromatic rings. The first-order valence-corrected chi connectivity index (χ1v) is 9.25. The summed E-state index contributed by atoms with van der Waals surface area (Å²) >= 11 is 1.48. The van der Waals surface area contributed by atoms with Crippen molar-refractivity contribution in [3.8, 4) is 17.2 Å². The fourth-order valence-electron chi connectivity index (χ4n) is 2.74. The van der Waals surface area contributed by atoms with Gasteiger partial charge in [-0.2, -0.15) is 0 Å². The van der Waals surface area contributed by atoms with Gasteiger partial charge in [0.1, 0.15) is 5.75 Å². The van der Waals surface area contributed by atoms with Crippen LogP contribution < -0.4 is 10.1 Å². The van der Waals surface area contributed by atoms with Crippen LogP contribution in [0.5, 0.6) is 5.75 Å². The van der Waals surface area contributed by atoms with E-state index in [1.54, 1.807) is 0 Å². The number of anilines is 1. The van der Waals surface area contributed by atoms with Gasteiger partial charge in [0.2, 0.25) is 11.8 Å². The molecular formula is C19H17N3O3S. The van der Waals surface area contributed by atoms with Crippen LogP contribution in [-0.2, 0) is 17.0 Å². The Bertz CT molecular complexity index is 937. The van der Waals surface area contributed by atoms with Crippen LogP contribution in [-0.4, -0.2) is 22.7 Å². The Morgan fingerprint density at radius 3 is 2.85 bits per heavy atom. The Morgan fingerprint density at radius 2 is 2.04 bits per heavy atom. The zero-order valence-electron chi connectivity index (χ0n) is 14.2. The molecule has 2 aromatic carbocycles. The minimum absolute atomic E-state index is 0.0800. The summed E-state index contributed by atoms with van der Waals surface area (Å²) in [7, 11) is 0. The van der Waals surface area contributed by atoms with Gasteiger partial charge in [0.05, 0.1) is 6.61 Å². The van der Waals surface area contributed by atoms with E-state index >= 15 is 0 Å². The Balaban J connectivity index is 1.40. The molecule has 132 valence electrons. The molecule has 0 spiro atoms. The van der Waals surface area contributed by atoms with Crippen LogP contribution in [0.1, 0.15) is 18.1 Å². The quantitative estimate of drug-likeness (QED) is 0.689. The second-order valence-electron chi connectivity index (χ2n) is 5.96. The van der Waals surface area contributed by atoms with Crippen molar-refractivity contribution in [2.45, 2.75) is 24.3 Å². The number of ether oxygens (including phenoxy) is 1. The van der Waals surface area contributed by atoms with Crippen LogP contribution in [0, 0.1) is 0 Å². The van der Waals surface area contributed by atoms with Crippen molar-refractivity contribution in [3.63, 3.8) is 0 Å². The van der Waals surface area contributed by atoms with Crippen molar-refractivity contribution >= 4 is 23.4 Å². The highest BCUT2D eigenvalue weighted by Gasteiger charge is 2.15. The third kappa shape index (κ3) is 3.72. The lowest BCUT2D eigenvalue weighted by Gasteiger charge is -2.03. The van der Waals surface area contributed by atoms with E-state index in [9.17, 15) is 4.79 Å². The molecule has 2 heterocycles. The molecule has 26 heavy (non-hydrogen) atoms. The van der Waals surface area contributed by atoms with E-state index in [0.29, 0.717) is 16.9 Å². The van der Waals surface area contributed by atoms with E-state index in [1.165, 1.54) is 24.2 Å². The average molecular weight is 367 g/mol. The number of carbonyl (C=O) groups is 1. The van der Waals surface area contributed by atoms with Crippen LogP contribution in [0.2, 0.25) is 0 Å². The molecule has 0 atom stereocenters. The molecule has 0 bridgehead atoms. The van der Waals surface area contributed by atoms with Gasteiger partial charge in [-0.25, -0.2) is 0 Å². The molecule has 6 nitrogen and oxygen atoms in total. The topological polar surface area (TPSA) is 77.2 Å². The molecule has 0 radical (unpaired) electrons. The van der Waals surface area contributed by atoms with Gasteiger partial charge in [0.15, 0.2) is 0 Å². The van der Waals surface area contributed by atoms with E-state index in [4.69, 9.17) is 9.15 Å². The number of nitrogens with zero attached hydrogens (tertiary/aromatic N) is 2. The fourth-order valence-corrected chi connectivity index (χ4v) is 3.46. The van der Waals surface area contributed by atoms with Gasteiger partial charge < -0.3 is 14.5 Å². The standard InChI is InChI=1S/C19H17N3O3S/c1-12(23)20-16-5-2-13(3-6-16)11-26-19-22-21-18(25-19)15-4-7-17-14(10-15)8-9-24-17/h2-7,10H,8-9,11H2,1H3,(H,20,23). The molecule has 0 fully saturated rings. The number of hydrogen-bond acceptors (Lipinski definition) is 6. The normalized spacial score (nSPS) is 12.5. The average Bonchev–Trinajstić information content (AvgIpc) is 3.29. The monoisotopic (exact) mass is 367 g/mol. The van der Waals surface area contributed by atoms with Crippen molar-refractivity contribution in [2.75, 3.05) is 11.9 Å². The van der Waals surface area contributed by atoms with Gasteiger partial charge in [0, 0.05) is 30.3 Å². The maximum Gasteiger partial charge on any atom is 0.277 e. The smallest absolute Gasteiger partial charge is 0.277 e. The number of hydrogen-bond donors (Lipinski definition) is 1. The highest BCUT2D eigenvalue weighted by atomic mass is 32.2. The maximum atomic E-state index is 11.0. The zero-order valence-corrected chi connectivity index (χ0v) is 15.0. The number of amides is 1. The maximum absolute atomic E-state index is 11.0. The summed E-state index contributed by atoms with van der Waals surface area (Å²) in [6.07, 6.45) is 0.910. The summed E-state index contributed by atoms with van der Waals surface area (Å²) in [6, 6.07) is 13.6. The lowest BCUT2D eigenvalue weighted by atomic mass is 10.1. The van der Waals surface area contributed by atoms with E-state index in [-0.39, 0.29) is 5.91 Å². The van der Waals surface area contributed by atoms with Crippen LogP contribution in [0.3, 0.4) is 0 Å².